The zero-order chi connectivity index (χ0) is 17.7. The summed E-state index contributed by atoms with van der Waals surface area (Å²) in [5, 5.41) is 3.47. The Bertz CT molecular complexity index is 757. The van der Waals surface area contributed by atoms with Gasteiger partial charge in [0.25, 0.3) is 0 Å². The number of nitrogens with one attached hydrogen (secondary N) is 1. The average molecular weight is 368 g/mol. The molecule has 2 aromatic rings. The van der Waals surface area contributed by atoms with Gasteiger partial charge in [0.1, 0.15) is 5.75 Å². The Morgan fingerprint density at radius 3 is 2.33 bits per heavy atom. The first kappa shape index (κ1) is 18.1. The molecule has 0 saturated heterocycles. The maximum absolute atomic E-state index is 12.3. The van der Waals surface area contributed by atoms with Crippen molar-refractivity contribution in [3.63, 3.8) is 0 Å². The molecular weight excluding hydrogens is 353 g/mol. The van der Waals surface area contributed by atoms with Crippen LogP contribution in [0, 0.1) is 0 Å². The Kier molecular flexibility index (Phi) is 6.06. The van der Waals surface area contributed by atoms with E-state index in [-0.39, 0.29) is 17.9 Å². The third-order valence-electron chi connectivity index (χ3n) is 3.31. The number of hydrogen-bond donors (Lipinski definition) is 1. The minimum absolute atomic E-state index is 0.0227. The number of carbonyl (C=O) groups excluding carboxylic acids is 2. The van der Waals surface area contributed by atoms with Gasteiger partial charge in [-0.25, -0.2) is 4.79 Å². The van der Waals surface area contributed by atoms with Gasteiger partial charge < -0.3 is 14.8 Å². The highest BCUT2D eigenvalue weighted by Gasteiger charge is 2.17. The summed E-state index contributed by atoms with van der Waals surface area (Å²) in [6, 6.07) is 9.70. The summed E-state index contributed by atoms with van der Waals surface area (Å²) in [5.41, 5.74) is 1.03. The number of benzene rings is 2. The number of hydrogen-bond acceptors (Lipinski definition) is 4. The number of ether oxygens (including phenoxy) is 2. The van der Waals surface area contributed by atoms with Crippen LogP contribution in [0.25, 0.3) is 0 Å². The fourth-order valence-electron chi connectivity index (χ4n) is 2.09. The Labute approximate surface area is 149 Å². The molecule has 0 aliphatic heterocycles. The second-order valence-corrected chi connectivity index (χ2v) is 5.64. The number of halogens is 2. The van der Waals surface area contributed by atoms with Gasteiger partial charge >= 0.3 is 5.97 Å². The number of rotatable bonds is 5. The summed E-state index contributed by atoms with van der Waals surface area (Å²) in [6.07, 6.45) is -0.0227. The fourth-order valence-corrected chi connectivity index (χ4v) is 2.63. The third kappa shape index (κ3) is 4.19. The molecule has 24 heavy (non-hydrogen) atoms. The van der Waals surface area contributed by atoms with E-state index in [1.165, 1.54) is 20.3 Å². The molecular formula is C17H15Cl2NO4. The van der Waals surface area contributed by atoms with Gasteiger partial charge in [-0.3, -0.25) is 4.79 Å². The standard InChI is InChI=1S/C17H15Cl2NO4/c1-23-10-6-7-15(12(8-10)17(22)24-2)20-16(21)9-11-13(18)4-3-5-14(11)19/h3-8H,9H2,1-2H3,(H,20,21). The van der Waals surface area contributed by atoms with E-state index >= 15 is 0 Å². The van der Waals surface area contributed by atoms with Gasteiger partial charge in [0, 0.05) is 10.0 Å². The first-order valence-electron chi connectivity index (χ1n) is 6.95. The largest absolute Gasteiger partial charge is 0.497 e. The lowest BCUT2D eigenvalue weighted by Crippen LogP contribution is -2.17. The number of methoxy groups -OCH3 is 2. The van der Waals surface area contributed by atoms with E-state index < -0.39 is 5.97 Å². The quantitative estimate of drug-likeness (QED) is 0.812. The van der Waals surface area contributed by atoms with Crippen LogP contribution in [0.4, 0.5) is 5.69 Å². The monoisotopic (exact) mass is 367 g/mol. The smallest absolute Gasteiger partial charge is 0.340 e. The van der Waals surface area contributed by atoms with Crippen LogP contribution >= 0.6 is 23.2 Å². The molecule has 0 atom stereocenters. The summed E-state index contributed by atoms with van der Waals surface area (Å²) in [4.78, 5) is 24.2. The molecule has 0 heterocycles. The Morgan fingerprint density at radius 2 is 1.75 bits per heavy atom. The molecule has 2 aromatic carbocycles. The molecule has 1 N–H and O–H groups in total. The van der Waals surface area contributed by atoms with Gasteiger partial charge in [-0.1, -0.05) is 29.3 Å². The van der Waals surface area contributed by atoms with Crippen molar-refractivity contribution in [1.82, 2.24) is 0 Å². The molecule has 0 radical (unpaired) electrons. The molecule has 0 aromatic heterocycles. The van der Waals surface area contributed by atoms with Crippen LogP contribution < -0.4 is 10.1 Å². The number of amides is 1. The van der Waals surface area contributed by atoms with Gasteiger partial charge in [0.15, 0.2) is 0 Å². The lowest BCUT2D eigenvalue weighted by atomic mass is 10.1. The van der Waals surface area contributed by atoms with E-state index in [2.05, 4.69) is 5.32 Å². The molecule has 0 saturated carbocycles. The summed E-state index contributed by atoms with van der Waals surface area (Å²) in [7, 11) is 2.74. The van der Waals surface area contributed by atoms with Crippen molar-refractivity contribution in [3.8, 4) is 5.75 Å². The Hall–Kier alpha value is -2.24. The van der Waals surface area contributed by atoms with Crippen molar-refractivity contribution in [2.75, 3.05) is 19.5 Å². The Balaban J connectivity index is 2.24. The molecule has 0 bridgehead atoms. The summed E-state index contributed by atoms with van der Waals surface area (Å²) >= 11 is 12.1. The van der Waals surface area contributed by atoms with Crippen LogP contribution in [-0.4, -0.2) is 26.1 Å². The normalized spacial score (nSPS) is 10.2. The highest BCUT2D eigenvalue weighted by atomic mass is 35.5. The summed E-state index contributed by atoms with van der Waals surface area (Å²) < 4.78 is 9.81. The summed E-state index contributed by atoms with van der Waals surface area (Å²) in [5.74, 6) is -0.470. The maximum Gasteiger partial charge on any atom is 0.340 e. The van der Waals surface area contributed by atoms with Crippen molar-refractivity contribution < 1.29 is 19.1 Å². The topological polar surface area (TPSA) is 64.6 Å². The fraction of sp³-hybridized carbons (Fsp3) is 0.176. The SMILES string of the molecule is COC(=O)c1cc(OC)ccc1NC(=O)Cc1c(Cl)cccc1Cl. The maximum atomic E-state index is 12.3. The average Bonchev–Trinajstić information content (AvgIpc) is 2.58. The van der Waals surface area contributed by atoms with Gasteiger partial charge in [0.2, 0.25) is 5.91 Å². The van der Waals surface area contributed by atoms with Crippen molar-refractivity contribution >= 4 is 40.8 Å². The van der Waals surface area contributed by atoms with Crippen LogP contribution in [0.3, 0.4) is 0 Å². The second-order valence-electron chi connectivity index (χ2n) is 4.83. The molecule has 0 unspecified atom stereocenters. The van der Waals surface area contributed by atoms with Crippen LogP contribution in [0.2, 0.25) is 10.0 Å². The van der Waals surface area contributed by atoms with E-state index in [1.54, 1.807) is 30.3 Å². The van der Waals surface area contributed by atoms with E-state index in [0.717, 1.165) is 0 Å². The van der Waals surface area contributed by atoms with E-state index in [1.807, 2.05) is 0 Å². The van der Waals surface area contributed by atoms with Gasteiger partial charge in [-0.05, 0) is 35.9 Å². The third-order valence-corrected chi connectivity index (χ3v) is 4.01. The predicted octanol–water partition coefficient (Wildman–Crippen LogP) is 3.97. The van der Waals surface area contributed by atoms with Crippen molar-refractivity contribution in [3.05, 3.63) is 57.6 Å². The molecule has 0 spiro atoms. The molecule has 1 amide bonds. The highest BCUT2D eigenvalue weighted by Crippen LogP contribution is 2.26. The lowest BCUT2D eigenvalue weighted by molar-refractivity contribution is -0.115. The molecule has 5 nitrogen and oxygen atoms in total. The molecule has 0 aliphatic rings. The van der Waals surface area contributed by atoms with Crippen LogP contribution in [0.5, 0.6) is 5.75 Å². The second kappa shape index (κ2) is 8.04. The highest BCUT2D eigenvalue weighted by molar-refractivity contribution is 6.36. The lowest BCUT2D eigenvalue weighted by Gasteiger charge is -2.12. The zero-order valence-electron chi connectivity index (χ0n) is 13.1. The van der Waals surface area contributed by atoms with Crippen LogP contribution in [0.1, 0.15) is 15.9 Å². The van der Waals surface area contributed by atoms with E-state index in [4.69, 9.17) is 32.7 Å². The summed E-state index contributed by atoms with van der Waals surface area (Å²) in [6.45, 7) is 0. The number of anilines is 1. The van der Waals surface area contributed by atoms with Gasteiger partial charge in [0.05, 0.1) is 31.9 Å². The molecule has 2 rings (SSSR count). The van der Waals surface area contributed by atoms with Crippen molar-refractivity contribution in [2.24, 2.45) is 0 Å². The molecule has 0 aliphatic carbocycles. The van der Waals surface area contributed by atoms with Crippen LogP contribution in [0.15, 0.2) is 36.4 Å². The first-order chi connectivity index (χ1) is 11.5. The van der Waals surface area contributed by atoms with Crippen LogP contribution in [-0.2, 0) is 16.0 Å². The number of carbonyl (C=O) groups is 2. The van der Waals surface area contributed by atoms with E-state index in [0.29, 0.717) is 27.0 Å². The molecule has 7 heteroatoms. The minimum Gasteiger partial charge on any atom is -0.497 e. The molecule has 126 valence electrons. The Morgan fingerprint density at radius 1 is 1.08 bits per heavy atom. The minimum atomic E-state index is -0.583. The predicted molar refractivity (Wildman–Crippen MR) is 93.1 cm³/mol. The van der Waals surface area contributed by atoms with Gasteiger partial charge in [-0.15, -0.1) is 0 Å². The van der Waals surface area contributed by atoms with E-state index in [9.17, 15) is 9.59 Å². The number of esters is 1. The first-order valence-corrected chi connectivity index (χ1v) is 7.71. The van der Waals surface area contributed by atoms with Crippen molar-refractivity contribution in [2.45, 2.75) is 6.42 Å². The molecule has 0 fully saturated rings. The van der Waals surface area contributed by atoms with Gasteiger partial charge in [-0.2, -0.15) is 0 Å². The zero-order valence-corrected chi connectivity index (χ0v) is 14.6. The van der Waals surface area contributed by atoms with Crippen molar-refractivity contribution in [1.29, 1.82) is 0 Å².